The Morgan fingerprint density at radius 3 is 2.91 bits per heavy atom. The highest BCUT2D eigenvalue weighted by atomic mass is 35.5. The van der Waals surface area contributed by atoms with Gasteiger partial charge in [0.05, 0.1) is 6.54 Å². The molecule has 3 N–H and O–H groups in total. The van der Waals surface area contributed by atoms with Crippen LogP contribution in [0.2, 0.25) is 0 Å². The van der Waals surface area contributed by atoms with Crippen LogP contribution in [0.4, 0.5) is 5.69 Å². The average molecular weight is 338 g/mol. The summed E-state index contributed by atoms with van der Waals surface area (Å²) in [5, 5.41) is 3.06. The number of carbonyl (C=O) groups excluding carboxylic acids is 1. The maximum atomic E-state index is 12.3. The van der Waals surface area contributed by atoms with Gasteiger partial charge in [-0.2, -0.15) is 0 Å². The Bertz CT molecular complexity index is 533. The van der Waals surface area contributed by atoms with E-state index in [-0.39, 0.29) is 18.3 Å². The van der Waals surface area contributed by atoms with E-state index in [0.717, 1.165) is 38.2 Å². The summed E-state index contributed by atoms with van der Waals surface area (Å²) in [6, 6.07) is 6.35. The molecule has 1 aromatic carbocycles. The molecular weight excluding hydrogens is 310 g/mol. The van der Waals surface area contributed by atoms with Crippen LogP contribution in [0, 0.1) is 5.92 Å². The van der Waals surface area contributed by atoms with Gasteiger partial charge in [-0.3, -0.25) is 9.69 Å². The zero-order valence-corrected chi connectivity index (χ0v) is 14.5. The van der Waals surface area contributed by atoms with Crippen molar-refractivity contribution in [1.82, 2.24) is 4.90 Å². The summed E-state index contributed by atoms with van der Waals surface area (Å²) < 4.78 is 0. The number of aryl methyl sites for hydroxylation is 2. The first-order chi connectivity index (χ1) is 10.7. The Kier molecular flexibility index (Phi) is 6.88. The van der Waals surface area contributed by atoms with Crippen molar-refractivity contribution in [2.75, 3.05) is 31.5 Å². The van der Waals surface area contributed by atoms with E-state index in [0.29, 0.717) is 12.5 Å². The standard InChI is InChI=1S/C18H27N3O.ClH/c19-9-8-14-3-2-10-21(12-14)13-18(22)20-17-7-6-15-4-1-5-16(15)11-17;/h6-7,11,14H,1-5,8-10,12-13,19H2,(H,20,22);1H. The van der Waals surface area contributed by atoms with Gasteiger partial charge in [0.1, 0.15) is 0 Å². The zero-order valence-electron chi connectivity index (χ0n) is 13.7. The van der Waals surface area contributed by atoms with Gasteiger partial charge >= 0.3 is 0 Å². The van der Waals surface area contributed by atoms with E-state index in [1.807, 2.05) is 6.07 Å². The lowest BCUT2D eigenvalue weighted by atomic mass is 9.95. The Morgan fingerprint density at radius 2 is 2.09 bits per heavy atom. The fourth-order valence-electron chi connectivity index (χ4n) is 3.82. The molecule has 1 amide bonds. The minimum absolute atomic E-state index is 0. The van der Waals surface area contributed by atoms with Crippen molar-refractivity contribution in [2.24, 2.45) is 11.7 Å². The normalized spacial score (nSPS) is 20.7. The van der Waals surface area contributed by atoms with Crippen molar-refractivity contribution in [3.8, 4) is 0 Å². The van der Waals surface area contributed by atoms with Crippen LogP contribution >= 0.6 is 12.4 Å². The van der Waals surface area contributed by atoms with Gasteiger partial charge in [-0.25, -0.2) is 0 Å². The Morgan fingerprint density at radius 1 is 1.26 bits per heavy atom. The molecule has 1 fully saturated rings. The summed E-state index contributed by atoms with van der Waals surface area (Å²) in [6.45, 7) is 3.28. The molecule has 1 atom stereocenters. The van der Waals surface area contributed by atoms with Crippen LogP contribution in [0.1, 0.15) is 36.8 Å². The van der Waals surface area contributed by atoms with Crippen molar-refractivity contribution in [1.29, 1.82) is 0 Å². The van der Waals surface area contributed by atoms with Gasteiger partial charge < -0.3 is 11.1 Å². The molecule has 5 heteroatoms. The summed E-state index contributed by atoms with van der Waals surface area (Å²) >= 11 is 0. The SMILES string of the molecule is Cl.NCCC1CCCN(CC(=O)Nc2ccc3c(c2)CCC3)C1. The van der Waals surface area contributed by atoms with E-state index < -0.39 is 0 Å². The molecule has 0 radical (unpaired) electrons. The summed E-state index contributed by atoms with van der Waals surface area (Å²) in [5.74, 6) is 0.762. The van der Waals surface area contributed by atoms with Crippen LogP contribution in [-0.2, 0) is 17.6 Å². The van der Waals surface area contributed by atoms with Gasteiger partial charge in [0, 0.05) is 12.2 Å². The van der Waals surface area contributed by atoms with E-state index in [2.05, 4.69) is 22.3 Å². The fourth-order valence-corrected chi connectivity index (χ4v) is 3.82. The molecule has 0 saturated carbocycles. The summed E-state index contributed by atoms with van der Waals surface area (Å²) in [5.41, 5.74) is 9.45. The number of nitrogens with one attached hydrogen (secondary N) is 1. The first kappa shape index (κ1) is 18.2. The lowest BCUT2D eigenvalue weighted by molar-refractivity contribution is -0.117. The lowest BCUT2D eigenvalue weighted by Crippen LogP contribution is -2.40. The number of hydrogen-bond acceptors (Lipinski definition) is 3. The van der Waals surface area contributed by atoms with Gasteiger partial charge in [0.25, 0.3) is 0 Å². The molecule has 1 unspecified atom stereocenters. The van der Waals surface area contributed by atoms with E-state index >= 15 is 0 Å². The van der Waals surface area contributed by atoms with E-state index in [1.165, 1.54) is 36.8 Å². The second-order valence-electron chi connectivity index (χ2n) is 6.71. The highest BCUT2D eigenvalue weighted by molar-refractivity contribution is 5.92. The number of carbonyl (C=O) groups is 1. The van der Waals surface area contributed by atoms with Crippen LogP contribution in [0.25, 0.3) is 0 Å². The summed E-state index contributed by atoms with van der Waals surface area (Å²) in [7, 11) is 0. The predicted octanol–water partition coefficient (Wildman–Crippen LogP) is 2.60. The number of fused-ring (bicyclic) bond motifs is 1. The third-order valence-corrected chi connectivity index (χ3v) is 4.93. The molecule has 1 saturated heterocycles. The highest BCUT2D eigenvalue weighted by Gasteiger charge is 2.21. The molecule has 1 aromatic rings. The van der Waals surface area contributed by atoms with Gasteiger partial charge in [0.15, 0.2) is 0 Å². The average Bonchev–Trinajstić information content (AvgIpc) is 2.95. The number of rotatable bonds is 5. The monoisotopic (exact) mass is 337 g/mol. The Balaban J connectivity index is 0.00000192. The third kappa shape index (κ3) is 4.93. The number of hydrogen-bond donors (Lipinski definition) is 2. The molecule has 4 nitrogen and oxygen atoms in total. The zero-order chi connectivity index (χ0) is 15.4. The Labute approximate surface area is 145 Å². The van der Waals surface area contributed by atoms with E-state index in [1.54, 1.807) is 0 Å². The summed E-state index contributed by atoms with van der Waals surface area (Å²) in [4.78, 5) is 14.5. The molecule has 1 heterocycles. The lowest BCUT2D eigenvalue weighted by Gasteiger charge is -2.32. The van der Waals surface area contributed by atoms with Crippen molar-refractivity contribution in [3.05, 3.63) is 29.3 Å². The molecule has 128 valence electrons. The molecule has 0 bridgehead atoms. The molecule has 3 rings (SSSR count). The topological polar surface area (TPSA) is 58.4 Å². The number of nitrogens with two attached hydrogens (primary N) is 1. The van der Waals surface area contributed by atoms with Crippen LogP contribution in [0.15, 0.2) is 18.2 Å². The van der Waals surface area contributed by atoms with Gasteiger partial charge in [-0.15, -0.1) is 12.4 Å². The second kappa shape index (κ2) is 8.67. The van der Waals surface area contributed by atoms with Crippen LogP contribution < -0.4 is 11.1 Å². The van der Waals surface area contributed by atoms with Crippen molar-refractivity contribution >= 4 is 24.0 Å². The number of benzene rings is 1. The number of nitrogens with zero attached hydrogens (tertiary/aromatic N) is 1. The Hall–Kier alpha value is -1.10. The van der Waals surface area contributed by atoms with Crippen LogP contribution in [0.5, 0.6) is 0 Å². The number of anilines is 1. The van der Waals surface area contributed by atoms with Gasteiger partial charge in [-0.05, 0) is 80.8 Å². The first-order valence-electron chi connectivity index (χ1n) is 8.58. The van der Waals surface area contributed by atoms with Crippen LogP contribution in [0.3, 0.4) is 0 Å². The first-order valence-corrected chi connectivity index (χ1v) is 8.58. The van der Waals surface area contributed by atoms with Crippen LogP contribution in [-0.4, -0.2) is 37.0 Å². The minimum atomic E-state index is 0. The fraction of sp³-hybridized carbons (Fsp3) is 0.611. The minimum Gasteiger partial charge on any atom is -0.330 e. The molecule has 2 aliphatic rings. The predicted molar refractivity (Wildman–Crippen MR) is 97.2 cm³/mol. The highest BCUT2D eigenvalue weighted by Crippen LogP contribution is 2.25. The van der Waals surface area contributed by atoms with Gasteiger partial charge in [-0.1, -0.05) is 6.07 Å². The molecule has 0 aromatic heterocycles. The largest absolute Gasteiger partial charge is 0.330 e. The molecule has 0 spiro atoms. The van der Waals surface area contributed by atoms with Crippen molar-refractivity contribution in [3.63, 3.8) is 0 Å². The maximum Gasteiger partial charge on any atom is 0.238 e. The number of amides is 1. The smallest absolute Gasteiger partial charge is 0.238 e. The maximum absolute atomic E-state index is 12.3. The van der Waals surface area contributed by atoms with Gasteiger partial charge in [0.2, 0.25) is 5.91 Å². The number of halogens is 1. The van der Waals surface area contributed by atoms with Crippen molar-refractivity contribution in [2.45, 2.75) is 38.5 Å². The number of piperidine rings is 1. The second-order valence-corrected chi connectivity index (χ2v) is 6.71. The van der Waals surface area contributed by atoms with Crippen molar-refractivity contribution < 1.29 is 4.79 Å². The molecule has 1 aliphatic heterocycles. The van der Waals surface area contributed by atoms with E-state index in [4.69, 9.17) is 5.73 Å². The molecular formula is C18H28ClN3O. The molecule has 23 heavy (non-hydrogen) atoms. The molecule has 1 aliphatic carbocycles. The third-order valence-electron chi connectivity index (χ3n) is 4.93. The van der Waals surface area contributed by atoms with E-state index in [9.17, 15) is 4.79 Å². The summed E-state index contributed by atoms with van der Waals surface area (Å²) in [6.07, 6.45) is 7.06. The number of likely N-dealkylation sites (tertiary alicyclic amines) is 1. The quantitative estimate of drug-likeness (QED) is 0.868.